The molecule has 1 heterocycles. The lowest BCUT2D eigenvalue weighted by Crippen LogP contribution is -2.42. The molecule has 2 amide bonds. The maximum atomic E-state index is 11.9. The molecule has 0 aliphatic rings. The molecule has 0 bridgehead atoms. The number of nitrogens with one attached hydrogen (secondary N) is 2. The first-order valence-corrected chi connectivity index (χ1v) is 6.94. The maximum absolute atomic E-state index is 11.9. The highest BCUT2D eigenvalue weighted by atomic mass is 79.9. The molecule has 0 fully saturated rings. The van der Waals surface area contributed by atoms with Crippen LogP contribution in [0.5, 0.6) is 5.75 Å². The highest BCUT2D eigenvalue weighted by Gasteiger charge is 2.12. The fourth-order valence-corrected chi connectivity index (χ4v) is 2.31. The highest BCUT2D eigenvalue weighted by Crippen LogP contribution is 2.13. The molecule has 0 unspecified atom stereocenters. The molecule has 1 aromatic carbocycles. The highest BCUT2D eigenvalue weighted by molar-refractivity contribution is 9.10. The number of aromatic hydroxyl groups is 1. The van der Waals surface area contributed by atoms with Gasteiger partial charge in [0.2, 0.25) is 5.91 Å². The Balaban J connectivity index is 1.88. The number of benzene rings is 1. The van der Waals surface area contributed by atoms with E-state index in [9.17, 15) is 9.59 Å². The monoisotopic (exact) mass is 351 g/mol. The van der Waals surface area contributed by atoms with Crippen molar-refractivity contribution in [3.63, 3.8) is 0 Å². The Hall–Kier alpha value is -2.28. The Labute approximate surface area is 129 Å². The van der Waals surface area contributed by atoms with Gasteiger partial charge in [0.25, 0.3) is 5.91 Å². The summed E-state index contributed by atoms with van der Waals surface area (Å²) in [6.07, 6.45) is 1.85. The van der Waals surface area contributed by atoms with Crippen molar-refractivity contribution in [1.82, 2.24) is 15.4 Å². The second-order valence-electron chi connectivity index (χ2n) is 4.50. The summed E-state index contributed by atoms with van der Waals surface area (Å²) >= 11 is 3.27. The number of phenolic OH excluding ortho intramolecular Hbond substituents is 1. The number of nitrogens with zero attached hydrogens (tertiary/aromatic N) is 1. The van der Waals surface area contributed by atoms with Crippen molar-refractivity contribution < 1.29 is 14.7 Å². The summed E-state index contributed by atoms with van der Waals surface area (Å²) in [6, 6.07) is 7.95. The fraction of sp³-hybridized carbons (Fsp3) is 0.143. The normalized spacial score (nSPS) is 10.2. The lowest BCUT2D eigenvalue weighted by molar-refractivity contribution is -0.121. The van der Waals surface area contributed by atoms with Crippen molar-refractivity contribution in [3.8, 4) is 5.75 Å². The van der Waals surface area contributed by atoms with Gasteiger partial charge in [0.05, 0.1) is 6.42 Å². The minimum atomic E-state index is -0.401. The first kappa shape index (κ1) is 15.1. The number of carbonyl (C=O) groups excluding carboxylic acids is 2. The van der Waals surface area contributed by atoms with Gasteiger partial charge in [-0.25, -0.2) is 0 Å². The number of carbonyl (C=O) groups is 2. The maximum Gasteiger partial charge on any atom is 0.286 e. The zero-order valence-electron chi connectivity index (χ0n) is 11.3. The van der Waals surface area contributed by atoms with Crippen molar-refractivity contribution in [1.29, 1.82) is 0 Å². The molecule has 2 rings (SSSR count). The van der Waals surface area contributed by atoms with Gasteiger partial charge in [-0.05, 0) is 39.7 Å². The molecule has 6 nitrogen and oxygen atoms in total. The molecule has 21 heavy (non-hydrogen) atoms. The van der Waals surface area contributed by atoms with Gasteiger partial charge in [-0.3, -0.25) is 20.4 Å². The molecule has 0 atom stereocenters. The number of hydrogen-bond donors (Lipinski definition) is 3. The van der Waals surface area contributed by atoms with Crippen LogP contribution in [0.2, 0.25) is 0 Å². The summed E-state index contributed by atoms with van der Waals surface area (Å²) in [5.41, 5.74) is 5.87. The Kier molecular flexibility index (Phi) is 4.64. The predicted molar refractivity (Wildman–Crippen MR) is 80.5 cm³/mol. The lowest BCUT2D eigenvalue weighted by Gasteiger charge is -2.08. The van der Waals surface area contributed by atoms with Crippen molar-refractivity contribution in [2.45, 2.75) is 6.42 Å². The molecule has 0 saturated carbocycles. The van der Waals surface area contributed by atoms with Gasteiger partial charge in [-0.2, -0.15) is 0 Å². The van der Waals surface area contributed by atoms with E-state index < -0.39 is 5.91 Å². The third-order valence-electron chi connectivity index (χ3n) is 2.82. The minimum Gasteiger partial charge on any atom is -0.508 e. The standard InChI is InChI=1S/C14H14BrN3O3/c1-18-8-10(15)7-12(18)14(21)17-16-13(20)6-9-2-4-11(19)5-3-9/h2-5,7-8,19H,6H2,1H3,(H,16,20)(H,17,21). The van der Waals surface area contributed by atoms with Crippen LogP contribution >= 0.6 is 15.9 Å². The molecule has 110 valence electrons. The van der Waals surface area contributed by atoms with Gasteiger partial charge in [0.15, 0.2) is 0 Å². The van der Waals surface area contributed by atoms with Crippen LogP contribution in [-0.4, -0.2) is 21.5 Å². The SMILES string of the molecule is Cn1cc(Br)cc1C(=O)NNC(=O)Cc1ccc(O)cc1. The molecule has 0 aliphatic heterocycles. The zero-order valence-corrected chi connectivity index (χ0v) is 12.8. The van der Waals surface area contributed by atoms with Crippen molar-refractivity contribution >= 4 is 27.7 Å². The Morgan fingerprint density at radius 3 is 2.48 bits per heavy atom. The van der Waals surface area contributed by atoms with Gasteiger partial charge in [-0.15, -0.1) is 0 Å². The van der Waals surface area contributed by atoms with Crippen LogP contribution in [-0.2, 0) is 18.3 Å². The summed E-state index contributed by atoms with van der Waals surface area (Å²) in [7, 11) is 1.73. The van der Waals surface area contributed by atoms with Crippen LogP contribution in [0.15, 0.2) is 41.0 Å². The van der Waals surface area contributed by atoms with Crippen LogP contribution in [0.3, 0.4) is 0 Å². The second-order valence-corrected chi connectivity index (χ2v) is 5.42. The minimum absolute atomic E-state index is 0.109. The average Bonchev–Trinajstić information content (AvgIpc) is 2.78. The van der Waals surface area contributed by atoms with Gasteiger partial charge in [0.1, 0.15) is 11.4 Å². The van der Waals surface area contributed by atoms with E-state index in [0.29, 0.717) is 5.69 Å². The molecule has 0 aliphatic carbocycles. The van der Waals surface area contributed by atoms with E-state index >= 15 is 0 Å². The van der Waals surface area contributed by atoms with E-state index in [4.69, 9.17) is 5.11 Å². The molecular formula is C14H14BrN3O3. The number of rotatable bonds is 3. The molecule has 0 spiro atoms. The number of hydrogen-bond acceptors (Lipinski definition) is 3. The van der Waals surface area contributed by atoms with E-state index in [2.05, 4.69) is 26.8 Å². The fourth-order valence-electron chi connectivity index (χ4n) is 1.78. The van der Waals surface area contributed by atoms with Crippen LogP contribution in [0, 0.1) is 0 Å². The molecule has 2 aromatic rings. The number of hydrazine groups is 1. The summed E-state index contributed by atoms with van der Waals surface area (Å²) in [6.45, 7) is 0. The van der Waals surface area contributed by atoms with Crippen LogP contribution in [0.25, 0.3) is 0 Å². The second kappa shape index (κ2) is 6.45. The van der Waals surface area contributed by atoms with Crippen LogP contribution < -0.4 is 10.9 Å². The van der Waals surface area contributed by atoms with E-state index in [1.165, 1.54) is 12.1 Å². The summed E-state index contributed by atoms with van der Waals surface area (Å²) in [5, 5.41) is 9.16. The quantitative estimate of drug-likeness (QED) is 0.732. The predicted octanol–water partition coefficient (Wildman–Crippen LogP) is 1.50. The summed E-state index contributed by atoms with van der Waals surface area (Å²) in [5.74, 6) is -0.605. The zero-order chi connectivity index (χ0) is 15.4. The molecule has 7 heteroatoms. The van der Waals surface area contributed by atoms with E-state index in [-0.39, 0.29) is 18.1 Å². The topological polar surface area (TPSA) is 83.4 Å². The van der Waals surface area contributed by atoms with Gasteiger partial charge in [-0.1, -0.05) is 12.1 Å². The van der Waals surface area contributed by atoms with Crippen LogP contribution in [0.1, 0.15) is 16.1 Å². The number of amides is 2. The van der Waals surface area contributed by atoms with E-state index in [1.54, 1.807) is 36.0 Å². The molecular weight excluding hydrogens is 338 g/mol. The van der Waals surface area contributed by atoms with Crippen molar-refractivity contribution in [3.05, 3.63) is 52.3 Å². The number of aryl methyl sites for hydroxylation is 1. The largest absolute Gasteiger partial charge is 0.508 e. The summed E-state index contributed by atoms with van der Waals surface area (Å²) < 4.78 is 2.43. The van der Waals surface area contributed by atoms with E-state index in [0.717, 1.165) is 10.0 Å². The smallest absolute Gasteiger partial charge is 0.286 e. The number of halogens is 1. The Morgan fingerprint density at radius 1 is 1.24 bits per heavy atom. The van der Waals surface area contributed by atoms with Gasteiger partial charge in [0, 0.05) is 17.7 Å². The first-order valence-electron chi connectivity index (χ1n) is 6.14. The van der Waals surface area contributed by atoms with Crippen molar-refractivity contribution in [2.24, 2.45) is 7.05 Å². The molecule has 1 aromatic heterocycles. The third-order valence-corrected chi connectivity index (χ3v) is 3.25. The Morgan fingerprint density at radius 2 is 1.90 bits per heavy atom. The van der Waals surface area contributed by atoms with E-state index in [1.807, 2.05) is 0 Å². The number of phenols is 1. The molecule has 0 saturated heterocycles. The summed E-state index contributed by atoms with van der Waals surface area (Å²) in [4.78, 5) is 23.6. The third kappa shape index (κ3) is 4.09. The van der Waals surface area contributed by atoms with Crippen molar-refractivity contribution in [2.75, 3.05) is 0 Å². The lowest BCUT2D eigenvalue weighted by atomic mass is 10.1. The average molecular weight is 352 g/mol. The molecule has 0 radical (unpaired) electrons. The Bertz CT molecular complexity index is 665. The first-order chi connectivity index (χ1) is 9.95. The number of aromatic nitrogens is 1. The van der Waals surface area contributed by atoms with Gasteiger partial charge >= 0.3 is 0 Å². The molecule has 3 N–H and O–H groups in total. The van der Waals surface area contributed by atoms with Crippen LogP contribution in [0.4, 0.5) is 0 Å². The van der Waals surface area contributed by atoms with Gasteiger partial charge < -0.3 is 9.67 Å².